The first-order valence-corrected chi connectivity index (χ1v) is 8.69. The predicted octanol–water partition coefficient (Wildman–Crippen LogP) is 6.57. The molecule has 0 spiro atoms. The number of aryl methyl sites for hydroxylation is 1. The summed E-state index contributed by atoms with van der Waals surface area (Å²) < 4.78 is 12.2. The van der Waals surface area contributed by atoms with E-state index in [0.29, 0.717) is 11.8 Å². The molecule has 0 aromatic heterocycles. The molecule has 1 aliphatic rings. The Balaban J connectivity index is 1.79. The van der Waals surface area contributed by atoms with Gasteiger partial charge in [-0.25, -0.2) is 4.39 Å². The third-order valence-corrected chi connectivity index (χ3v) is 4.89. The van der Waals surface area contributed by atoms with Crippen LogP contribution in [0.15, 0.2) is 36.7 Å². The molecule has 1 heteroatoms. The van der Waals surface area contributed by atoms with Crippen molar-refractivity contribution in [2.24, 2.45) is 5.92 Å². The fraction of sp³-hybridized carbons (Fsp3) is 0.600. The number of unbranched alkanes of at least 4 members (excludes halogenated alkanes) is 3. The third kappa shape index (κ3) is 5.30. The first kappa shape index (κ1) is 16.3. The molecule has 116 valence electrons. The maximum absolute atomic E-state index is 12.2. The van der Waals surface area contributed by atoms with Crippen molar-refractivity contribution in [3.63, 3.8) is 0 Å². The highest BCUT2D eigenvalue weighted by Gasteiger charge is 2.20. The predicted molar refractivity (Wildman–Crippen MR) is 89.2 cm³/mol. The lowest BCUT2D eigenvalue weighted by Crippen LogP contribution is -2.11. The molecule has 0 unspecified atom stereocenters. The monoisotopic (exact) mass is 288 g/mol. The Labute approximate surface area is 129 Å². The van der Waals surface area contributed by atoms with Gasteiger partial charge in [0, 0.05) is 0 Å². The van der Waals surface area contributed by atoms with Gasteiger partial charge >= 0.3 is 0 Å². The maximum atomic E-state index is 12.2. The molecule has 0 nitrogen and oxygen atoms in total. The second-order valence-electron chi connectivity index (χ2n) is 6.48. The normalized spacial score (nSPS) is 22.8. The zero-order valence-electron chi connectivity index (χ0n) is 13.4. The first-order chi connectivity index (χ1) is 10.3. The average Bonchev–Trinajstić information content (AvgIpc) is 2.53. The van der Waals surface area contributed by atoms with Gasteiger partial charge < -0.3 is 0 Å². The lowest BCUT2D eigenvalue weighted by Gasteiger charge is -2.27. The van der Waals surface area contributed by atoms with E-state index < -0.39 is 0 Å². The highest BCUT2D eigenvalue weighted by molar-refractivity contribution is 5.26. The summed E-state index contributed by atoms with van der Waals surface area (Å²) in [5, 5.41) is 0. The lowest BCUT2D eigenvalue weighted by atomic mass is 9.78. The lowest BCUT2D eigenvalue weighted by molar-refractivity contribution is 0.373. The molecule has 0 N–H and O–H groups in total. The van der Waals surface area contributed by atoms with Crippen LogP contribution in [-0.2, 0) is 6.42 Å². The van der Waals surface area contributed by atoms with Gasteiger partial charge in [0.2, 0.25) is 0 Å². The minimum atomic E-state index is 0.462. The van der Waals surface area contributed by atoms with E-state index in [4.69, 9.17) is 0 Å². The van der Waals surface area contributed by atoms with Crippen LogP contribution in [0, 0.1) is 5.92 Å². The molecule has 1 aromatic carbocycles. The second-order valence-corrected chi connectivity index (χ2v) is 6.48. The van der Waals surface area contributed by atoms with E-state index in [1.165, 1.54) is 56.1 Å². The fourth-order valence-corrected chi connectivity index (χ4v) is 3.46. The van der Waals surface area contributed by atoms with Gasteiger partial charge in [-0.1, -0.05) is 56.5 Å². The van der Waals surface area contributed by atoms with Gasteiger partial charge in [-0.3, -0.25) is 0 Å². The molecule has 1 aromatic rings. The van der Waals surface area contributed by atoms with Crippen LogP contribution < -0.4 is 0 Å². The summed E-state index contributed by atoms with van der Waals surface area (Å²) in [4.78, 5) is 0. The van der Waals surface area contributed by atoms with E-state index in [9.17, 15) is 4.39 Å². The molecular formula is C20H29F. The van der Waals surface area contributed by atoms with E-state index >= 15 is 0 Å². The number of halogens is 1. The van der Waals surface area contributed by atoms with Gasteiger partial charge in [0.1, 0.15) is 0 Å². The zero-order chi connectivity index (χ0) is 14.9. The molecular weight excluding hydrogens is 259 g/mol. The summed E-state index contributed by atoms with van der Waals surface area (Å²) in [6.45, 7) is 2.26. The average molecular weight is 288 g/mol. The summed E-state index contributed by atoms with van der Waals surface area (Å²) in [5.41, 5.74) is 2.96. The summed E-state index contributed by atoms with van der Waals surface area (Å²) in [7, 11) is 0. The Morgan fingerprint density at radius 3 is 2.33 bits per heavy atom. The number of benzene rings is 1. The Hall–Kier alpha value is -1.11. The van der Waals surface area contributed by atoms with Crippen LogP contribution >= 0.6 is 0 Å². The zero-order valence-corrected chi connectivity index (χ0v) is 13.4. The Morgan fingerprint density at radius 2 is 1.71 bits per heavy atom. The molecule has 1 aliphatic carbocycles. The summed E-state index contributed by atoms with van der Waals surface area (Å²) >= 11 is 0. The van der Waals surface area contributed by atoms with Gasteiger partial charge in [0.15, 0.2) is 0 Å². The van der Waals surface area contributed by atoms with E-state index in [-0.39, 0.29) is 0 Å². The summed E-state index contributed by atoms with van der Waals surface area (Å²) in [6.07, 6.45) is 13.7. The van der Waals surface area contributed by atoms with Crippen molar-refractivity contribution < 1.29 is 4.39 Å². The Kier molecular flexibility index (Phi) is 6.99. The number of rotatable bonds is 7. The van der Waals surface area contributed by atoms with Crippen LogP contribution in [0.25, 0.3) is 0 Å². The highest BCUT2D eigenvalue weighted by Crippen LogP contribution is 2.36. The number of allylic oxidation sites excluding steroid dienone is 1. The van der Waals surface area contributed by atoms with Crippen molar-refractivity contribution in [2.75, 3.05) is 0 Å². The molecule has 1 saturated carbocycles. The van der Waals surface area contributed by atoms with E-state index in [1.807, 2.05) is 0 Å². The first-order valence-electron chi connectivity index (χ1n) is 8.69. The van der Waals surface area contributed by atoms with Crippen molar-refractivity contribution in [2.45, 2.75) is 70.6 Å². The molecule has 0 saturated heterocycles. The molecule has 21 heavy (non-hydrogen) atoms. The molecule has 0 bridgehead atoms. The van der Waals surface area contributed by atoms with Crippen LogP contribution in [0.1, 0.15) is 75.3 Å². The minimum absolute atomic E-state index is 0.462. The van der Waals surface area contributed by atoms with Crippen molar-refractivity contribution in [1.29, 1.82) is 0 Å². The Morgan fingerprint density at radius 1 is 1.00 bits per heavy atom. The van der Waals surface area contributed by atoms with E-state index in [2.05, 4.69) is 31.2 Å². The van der Waals surface area contributed by atoms with Crippen LogP contribution in [0.3, 0.4) is 0 Å². The van der Waals surface area contributed by atoms with Crippen LogP contribution in [0.4, 0.5) is 4.39 Å². The standard InChI is InChI=1S/C20H29F/c1-2-3-4-5-6-17-7-11-19(12-8-17)20-13-9-18(10-14-20)15-16-21/h7-8,11-12,15-16,18,20H,2-6,9-10,13-14H2,1H3/t18-,20-. The molecule has 0 atom stereocenters. The SMILES string of the molecule is CCCCCCc1ccc([C@H]2CC[C@H](C=CF)CC2)cc1. The molecule has 0 amide bonds. The molecule has 0 aliphatic heterocycles. The Bertz CT molecular complexity index is 410. The number of hydrogen-bond acceptors (Lipinski definition) is 0. The van der Waals surface area contributed by atoms with Gasteiger partial charge in [-0.05, 0) is 61.5 Å². The van der Waals surface area contributed by atoms with Crippen LogP contribution in [0.5, 0.6) is 0 Å². The molecule has 0 heterocycles. The van der Waals surface area contributed by atoms with Gasteiger partial charge in [0.05, 0.1) is 6.33 Å². The smallest absolute Gasteiger partial charge is 0.0829 e. The molecule has 2 rings (SSSR count). The van der Waals surface area contributed by atoms with Crippen LogP contribution in [0.2, 0.25) is 0 Å². The van der Waals surface area contributed by atoms with Gasteiger partial charge in [-0.2, -0.15) is 0 Å². The van der Waals surface area contributed by atoms with Crippen molar-refractivity contribution >= 4 is 0 Å². The van der Waals surface area contributed by atoms with Crippen molar-refractivity contribution in [3.05, 3.63) is 47.8 Å². The van der Waals surface area contributed by atoms with Gasteiger partial charge in [-0.15, -0.1) is 0 Å². The molecule has 0 radical (unpaired) electrons. The largest absolute Gasteiger partial charge is 0.216 e. The van der Waals surface area contributed by atoms with E-state index in [0.717, 1.165) is 19.2 Å². The number of hydrogen-bond donors (Lipinski definition) is 0. The second kappa shape index (κ2) is 9.02. The van der Waals surface area contributed by atoms with Crippen molar-refractivity contribution in [3.8, 4) is 0 Å². The molecule has 1 fully saturated rings. The highest BCUT2D eigenvalue weighted by atomic mass is 19.1. The summed E-state index contributed by atoms with van der Waals surface area (Å²) in [5.74, 6) is 1.15. The van der Waals surface area contributed by atoms with E-state index in [1.54, 1.807) is 6.08 Å². The topological polar surface area (TPSA) is 0 Å². The maximum Gasteiger partial charge on any atom is 0.0829 e. The fourth-order valence-electron chi connectivity index (χ4n) is 3.46. The van der Waals surface area contributed by atoms with Crippen molar-refractivity contribution in [1.82, 2.24) is 0 Å². The summed E-state index contributed by atoms with van der Waals surface area (Å²) in [6, 6.07) is 9.28. The third-order valence-electron chi connectivity index (χ3n) is 4.89. The minimum Gasteiger partial charge on any atom is -0.216 e. The van der Waals surface area contributed by atoms with Gasteiger partial charge in [0.25, 0.3) is 0 Å². The quantitative estimate of drug-likeness (QED) is 0.498. The van der Waals surface area contributed by atoms with Crippen LogP contribution in [-0.4, -0.2) is 0 Å².